The molecule has 2 aliphatic rings. The minimum atomic E-state index is -4.42. The molecule has 248 valence electrons. The van der Waals surface area contributed by atoms with Crippen LogP contribution in [0.1, 0.15) is 38.7 Å². The van der Waals surface area contributed by atoms with Crippen molar-refractivity contribution in [2.24, 2.45) is 0 Å². The zero-order valence-electron chi connectivity index (χ0n) is 25.3. The van der Waals surface area contributed by atoms with Gasteiger partial charge in [-0.25, -0.2) is 8.96 Å². The molecule has 0 aromatic heterocycles. The van der Waals surface area contributed by atoms with Crippen LogP contribution in [0.25, 0.3) is 0 Å². The Hall–Kier alpha value is -3.94. The number of para-hydroxylation sites is 1. The lowest BCUT2D eigenvalue weighted by molar-refractivity contribution is -0.150. The van der Waals surface area contributed by atoms with Crippen LogP contribution in [0.4, 0.5) is 4.39 Å². The number of aliphatic hydroxyl groups excluding tert-OH is 1. The molecule has 1 saturated heterocycles. The van der Waals surface area contributed by atoms with E-state index in [1.807, 2.05) is 30.3 Å². The summed E-state index contributed by atoms with van der Waals surface area (Å²) in [6, 6.07) is 15.8. The minimum absolute atomic E-state index is 0.00791. The van der Waals surface area contributed by atoms with Gasteiger partial charge in [-0.05, 0) is 44.0 Å². The third-order valence-corrected chi connectivity index (χ3v) is 8.74. The summed E-state index contributed by atoms with van der Waals surface area (Å²) in [4.78, 5) is 49.5. The van der Waals surface area contributed by atoms with Crippen LogP contribution in [0, 0.1) is 0 Å². The number of hydrogen-bond donors (Lipinski definition) is 2. The van der Waals surface area contributed by atoms with Gasteiger partial charge in [0.15, 0.2) is 17.7 Å². The number of benzene rings is 2. The molecule has 1 amide bonds. The summed E-state index contributed by atoms with van der Waals surface area (Å²) in [5.41, 5.74) is -1.65. The Kier molecular flexibility index (Phi) is 11.8. The number of amides is 1. The fourth-order valence-electron chi connectivity index (χ4n) is 4.60. The van der Waals surface area contributed by atoms with Crippen LogP contribution < -0.4 is 9.61 Å². The van der Waals surface area contributed by atoms with E-state index in [1.54, 1.807) is 18.2 Å². The predicted octanol–water partition coefficient (Wildman–Crippen LogP) is 3.36. The third-order valence-electron chi connectivity index (χ3n) is 7.10. The maximum atomic E-state index is 15.6. The molecule has 0 spiro atoms. The molecule has 1 fully saturated rings. The van der Waals surface area contributed by atoms with Crippen LogP contribution in [0.5, 0.6) is 5.75 Å². The van der Waals surface area contributed by atoms with E-state index in [-0.39, 0.29) is 31.8 Å². The number of aliphatic hydroxyl groups is 1. The van der Waals surface area contributed by atoms with Gasteiger partial charge in [-0.3, -0.25) is 28.6 Å². The highest BCUT2D eigenvalue weighted by atomic mass is 31.2. The summed E-state index contributed by atoms with van der Waals surface area (Å²) < 4.78 is 56.6. The van der Waals surface area contributed by atoms with E-state index in [9.17, 15) is 28.8 Å². The predicted molar refractivity (Wildman–Crippen MR) is 159 cm³/mol. The number of carbonyl (C=O) groups excluding carboxylic acids is 4. The molecule has 0 aliphatic carbocycles. The summed E-state index contributed by atoms with van der Waals surface area (Å²) in [6.07, 6.45) is -2.96. The van der Waals surface area contributed by atoms with Crippen molar-refractivity contribution in [1.29, 1.82) is 0 Å². The van der Waals surface area contributed by atoms with Gasteiger partial charge in [0.25, 0.3) is 0 Å². The van der Waals surface area contributed by atoms with Gasteiger partial charge in [-0.15, -0.1) is 0 Å². The highest BCUT2D eigenvalue weighted by Crippen LogP contribution is 2.46. The van der Waals surface area contributed by atoms with Gasteiger partial charge < -0.3 is 23.8 Å². The number of nitrogens with one attached hydrogen (secondary N) is 1. The van der Waals surface area contributed by atoms with E-state index in [0.29, 0.717) is 0 Å². The number of ketones is 1. The molecule has 2 aromatic carbocycles. The Labute approximate surface area is 265 Å². The molecule has 0 bridgehead atoms. The lowest BCUT2D eigenvalue weighted by atomic mass is 9.97. The van der Waals surface area contributed by atoms with Crippen LogP contribution >= 0.6 is 7.75 Å². The van der Waals surface area contributed by atoms with E-state index in [1.165, 1.54) is 19.1 Å². The molecule has 6 atom stereocenters. The molecule has 13 nitrogen and oxygen atoms in total. The number of ether oxygens (including phenoxy) is 3. The molecule has 0 saturated carbocycles. The summed E-state index contributed by atoms with van der Waals surface area (Å²) in [6.45, 7) is 1.71. The standard InChI is InChI=1S/C31H36FN2O11P/c1-21(29(39)41-17-9-14-27(37)42-19-22-10-5-3-6-11-22)33-46(40,45-24-12-7-4-8-13-24)43-20-25-28(38)31(2,32)30(44-25)34-16-15-23(35)18-26(34)36/h3-8,10-13,15-16,21,25,28,30,38H,9,14,17-20H2,1-2H3,(H,33,40)/t21-,25+,28+,30+,31+,46?/m0/s1. The number of rotatable bonds is 15. The first-order valence-corrected chi connectivity index (χ1v) is 16.1. The molecule has 0 radical (unpaired) electrons. The fourth-order valence-corrected chi connectivity index (χ4v) is 6.10. The van der Waals surface area contributed by atoms with Gasteiger partial charge in [0, 0.05) is 12.6 Å². The second-order valence-corrected chi connectivity index (χ2v) is 12.5. The summed E-state index contributed by atoms with van der Waals surface area (Å²) in [5.74, 6) is -2.35. The van der Waals surface area contributed by atoms with Crippen LogP contribution in [0.3, 0.4) is 0 Å². The van der Waals surface area contributed by atoms with Crippen LogP contribution in [0.15, 0.2) is 72.9 Å². The summed E-state index contributed by atoms with van der Waals surface area (Å²) in [7, 11) is -4.42. The average Bonchev–Trinajstić information content (AvgIpc) is 3.25. The fraction of sp³-hybridized carbons (Fsp3) is 0.419. The maximum Gasteiger partial charge on any atom is 0.459 e. The number of esters is 2. The van der Waals surface area contributed by atoms with Crippen molar-refractivity contribution in [3.63, 3.8) is 0 Å². The third kappa shape index (κ3) is 9.30. The zero-order valence-corrected chi connectivity index (χ0v) is 26.2. The van der Waals surface area contributed by atoms with Gasteiger partial charge in [0.05, 0.1) is 19.6 Å². The van der Waals surface area contributed by atoms with Gasteiger partial charge in [-0.2, -0.15) is 5.09 Å². The Balaban J connectivity index is 1.32. The van der Waals surface area contributed by atoms with Crippen molar-refractivity contribution in [3.05, 3.63) is 78.5 Å². The van der Waals surface area contributed by atoms with Gasteiger partial charge >= 0.3 is 19.7 Å². The summed E-state index contributed by atoms with van der Waals surface area (Å²) >= 11 is 0. The SMILES string of the molecule is C[C@H](NP(=O)(OC[C@H]1O[C@@H](N2C=CC(=O)CC2=O)[C@](C)(F)[C@@H]1O)Oc1ccccc1)C(=O)OCCCC(=O)OCc1ccccc1. The molecule has 46 heavy (non-hydrogen) atoms. The lowest BCUT2D eigenvalue weighted by Gasteiger charge is -2.32. The van der Waals surface area contributed by atoms with E-state index in [4.69, 9.17) is 23.3 Å². The quantitative estimate of drug-likeness (QED) is 0.124. The van der Waals surface area contributed by atoms with E-state index >= 15 is 4.39 Å². The normalized spacial score (nSPS) is 24.7. The Morgan fingerprint density at radius 2 is 1.80 bits per heavy atom. The monoisotopic (exact) mass is 662 g/mol. The van der Waals surface area contributed by atoms with E-state index in [2.05, 4.69) is 5.09 Å². The molecule has 4 rings (SSSR count). The Morgan fingerprint density at radius 3 is 2.48 bits per heavy atom. The molecule has 2 N–H and O–H groups in total. The topological polar surface area (TPSA) is 167 Å². The van der Waals surface area contributed by atoms with Crippen molar-refractivity contribution < 1.29 is 56.5 Å². The second-order valence-electron chi connectivity index (χ2n) is 10.8. The minimum Gasteiger partial charge on any atom is -0.465 e. The molecule has 2 heterocycles. The first kappa shape index (κ1) is 34.9. The Bertz CT molecular complexity index is 1460. The largest absolute Gasteiger partial charge is 0.465 e. The Morgan fingerprint density at radius 1 is 1.13 bits per heavy atom. The van der Waals surface area contributed by atoms with Gasteiger partial charge in [0.2, 0.25) is 5.91 Å². The molecule has 2 aliphatic heterocycles. The molecule has 15 heteroatoms. The molecule has 1 unspecified atom stereocenters. The highest BCUT2D eigenvalue weighted by molar-refractivity contribution is 7.52. The summed E-state index contributed by atoms with van der Waals surface area (Å²) in [5, 5.41) is 13.2. The maximum absolute atomic E-state index is 15.6. The van der Waals surface area contributed by atoms with Crippen molar-refractivity contribution in [2.75, 3.05) is 13.2 Å². The molecular formula is C31H36FN2O11P. The lowest BCUT2D eigenvalue weighted by Crippen LogP contribution is -2.51. The highest BCUT2D eigenvalue weighted by Gasteiger charge is 2.57. The number of carbonyl (C=O) groups is 4. The van der Waals surface area contributed by atoms with Gasteiger partial charge in [-0.1, -0.05) is 48.5 Å². The van der Waals surface area contributed by atoms with E-state index < -0.39 is 74.5 Å². The number of alkyl halides is 1. The smallest absolute Gasteiger partial charge is 0.459 e. The number of allylic oxidation sites excluding steroid dienone is 1. The first-order valence-electron chi connectivity index (χ1n) is 14.6. The van der Waals surface area contributed by atoms with Crippen molar-refractivity contribution >= 4 is 31.4 Å². The van der Waals surface area contributed by atoms with Crippen molar-refractivity contribution in [3.8, 4) is 5.75 Å². The first-order chi connectivity index (χ1) is 21.9. The zero-order chi connectivity index (χ0) is 33.3. The molecule has 2 aromatic rings. The van der Waals surface area contributed by atoms with Crippen LogP contribution in [-0.2, 0) is 49.1 Å². The average molecular weight is 663 g/mol. The molecular weight excluding hydrogens is 626 g/mol. The van der Waals surface area contributed by atoms with Gasteiger partial charge in [0.1, 0.15) is 30.6 Å². The van der Waals surface area contributed by atoms with E-state index in [0.717, 1.165) is 29.7 Å². The van der Waals surface area contributed by atoms with Crippen LogP contribution in [0.2, 0.25) is 0 Å². The second kappa shape index (κ2) is 15.6. The number of hydrogen-bond acceptors (Lipinski definition) is 11. The number of halogens is 1. The van der Waals surface area contributed by atoms with Crippen molar-refractivity contribution in [1.82, 2.24) is 9.99 Å². The van der Waals surface area contributed by atoms with Crippen molar-refractivity contribution in [2.45, 2.75) is 69.9 Å². The number of nitrogens with zero attached hydrogens (tertiary/aromatic N) is 1. The van der Waals surface area contributed by atoms with Crippen LogP contribution in [-0.4, -0.2) is 77.0 Å².